The Morgan fingerprint density at radius 3 is 1.62 bits per heavy atom. The molecular formula is C27H35NO. The Hall–Kier alpha value is -2.87. The molecule has 29 heavy (non-hydrogen) atoms. The van der Waals surface area contributed by atoms with Crippen LogP contribution in [0.3, 0.4) is 0 Å². The molecule has 154 valence electrons. The van der Waals surface area contributed by atoms with Crippen LogP contribution in [0.1, 0.15) is 57.6 Å². The van der Waals surface area contributed by atoms with E-state index >= 15 is 0 Å². The van der Waals surface area contributed by atoms with Crippen molar-refractivity contribution in [3.63, 3.8) is 0 Å². The van der Waals surface area contributed by atoms with Gasteiger partial charge >= 0.3 is 0 Å². The summed E-state index contributed by atoms with van der Waals surface area (Å²) in [5, 5.41) is 0. The van der Waals surface area contributed by atoms with E-state index in [-0.39, 0.29) is 5.91 Å². The fraction of sp³-hybridized carbons (Fsp3) is 0.296. The molecule has 0 aliphatic carbocycles. The van der Waals surface area contributed by atoms with Crippen LogP contribution < -0.4 is 5.73 Å². The average Bonchev–Trinajstić information content (AvgIpc) is 2.69. The summed E-state index contributed by atoms with van der Waals surface area (Å²) in [5.41, 5.74) is 13.9. The van der Waals surface area contributed by atoms with E-state index in [2.05, 4.69) is 71.0 Å². The van der Waals surface area contributed by atoms with Crippen molar-refractivity contribution in [1.29, 1.82) is 0 Å². The van der Waals surface area contributed by atoms with Crippen LogP contribution in [0.5, 0.6) is 0 Å². The number of nitrogens with two attached hydrogens (primary N) is 1. The van der Waals surface area contributed by atoms with Crippen LogP contribution in [0.4, 0.5) is 0 Å². The van der Waals surface area contributed by atoms with E-state index in [1.54, 1.807) is 12.1 Å². The quantitative estimate of drug-likeness (QED) is 0.544. The number of amides is 1. The topological polar surface area (TPSA) is 43.1 Å². The van der Waals surface area contributed by atoms with Crippen molar-refractivity contribution >= 4 is 5.91 Å². The third-order valence-electron chi connectivity index (χ3n) is 4.78. The first-order valence-electron chi connectivity index (χ1n) is 10.3. The SMILES string of the molecule is CCc1c(C)cc(C)cc1C.CCc1ccccc1.Cc1ccc(C(N)=O)cc1. The molecule has 0 radical (unpaired) electrons. The lowest BCUT2D eigenvalue weighted by Gasteiger charge is -2.08. The number of aryl methyl sites for hydroxylation is 5. The van der Waals surface area contributed by atoms with Crippen molar-refractivity contribution in [2.45, 2.75) is 54.4 Å². The first-order valence-corrected chi connectivity index (χ1v) is 10.3. The van der Waals surface area contributed by atoms with Gasteiger partial charge < -0.3 is 5.73 Å². The lowest BCUT2D eigenvalue weighted by atomic mass is 9.98. The second-order valence-corrected chi connectivity index (χ2v) is 7.30. The molecule has 0 spiro atoms. The van der Waals surface area contributed by atoms with Gasteiger partial charge in [0.25, 0.3) is 0 Å². The number of hydrogen-bond donors (Lipinski definition) is 1. The van der Waals surface area contributed by atoms with Gasteiger partial charge in [-0.25, -0.2) is 0 Å². The van der Waals surface area contributed by atoms with Crippen LogP contribution in [0.25, 0.3) is 0 Å². The van der Waals surface area contributed by atoms with E-state index in [1.165, 1.54) is 27.8 Å². The Kier molecular flexibility index (Phi) is 10.5. The van der Waals surface area contributed by atoms with E-state index < -0.39 is 0 Å². The maximum atomic E-state index is 10.5. The summed E-state index contributed by atoms with van der Waals surface area (Å²) < 4.78 is 0. The van der Waals surface area contributed by atoms with Crippen LogP contribution in [-0.4, -0.2) is 5.91 Å². The minimum absolute atomic E-state index is 0.375. The first kappa shape index (κ1) is 24.2. The van der Waals surface area contributed by atoms with Gasteiger partial charge in [0.15, 0.2) is 0 Å². The normalized spacial score (nSPS) is 9.59. The van der Waals surface area contributed by atoms with E-state index in [0.29, 0.717) is 5.56 Å². The molecule has 3 aromatic carbocycles. The summed E-state index contributed by atoms with van der Waals surface area (Å²) in [6.45, 7) is 12.9. The van der Waals surface area contributed by atoms with Crippen LogP contribution in [0.15, 0.2) is 66.7 Å². The van der Waals surface area contributed by atoms with Crippen molar-refractivity contribution in [1.82, 2.24) is 0 Å². The maximum absolute atomic E-state index is 10.5. The van der Waals surface area contributed by atoms with E-state index in [4.69, 9.17) is 5.73 Å². The minimum atomic E-state index is -0.375. The average molecular weight is 390 g/mol. The first-order chi connectivity index (χ1) is 13.8. The molecule has 0 aliphatic rings. The molecule has 3 rings (SSSR count). The third-order valence-corrected chi connectivity index (χ3v) is 4.78. The van der Waals surface area contributed by atoms with Crippen molar-refractivity contribution in [3.05, 3.63) is 106 Å². The molecule has 0 bridgehead atoms. The number of benzene rings is 3. The maximum Gasteiger partial charge on any atom is 0.248 e. The fourth-order valence-corrected chi connectivity index (χ4v) is 3.20. The van der Waals surface area contributed by atoms with Crippen LogP contribution in [0.2, 0.25) is 0 Å². The number of carbonyl (C=O) groups excluding carboxylic acids is 1. The zero-order valence-corrected chi connectivity index (χ0v) is 18.8. The monoisotopic (exact) mass is 389 g/mol. The molecule has 1 amide bonds. The molecule has 0 aromatic heterocycles. The van der Waals surface area contributed by atoms with E-state index in [1.807, 2.05) is 25.1 Å². The van der Waals surface area contributed by atoms with Crippen molar-refractivity contribution < 1.29 is 4.79 Å². The smallest absolute Gasteiger partial charge is 0.248 e. The standard InChI is InChI=1S/C11H16.C8H9NO.C8H10/c1-5-11-9(3)6-8(2)7-10(11)4;1-6-2-4-7(5-3-6)8(9)10;1-2-8-6-4-3-5-7-8/h6-7H,5H2,1-4H3;2-5H,1H3,(H2,9,10);3-7H,2H2,1H3. The zero-order valence-electron chi connectivity index (χ0n) is 18.8. The predicted molar refractivity (Wildman–Crippen MR) is 126 cm³/mol. The molecule has 2 nitrogen and oxygen atoms in total. The van der Waals surface area contributed by atoms with Crippen molar-refractivity contribution in [3.8, 4) is 0 Å². The lowest BCUT2D eigenvalue weighted by molar-refractivity contribution is 0.100. The van der Waals surface area contributed by atoms with Gasteiger partial charge in [0, 0.05) is 5.56 Å². The molecule has 0 fully saturated rings. The largest absolute Gasteiger partial charge is 0.366 e. The minimum Gasteiger partial charge on any atom is -0.366 e. The number of rotatable bonds is 3. The lowest BCUT2D eigenvalue weighted by Crippen LogP contribution is -2.10. The molecule has 0 saturated carbocycles. The van der Waals surface area contributed by atoms with Gasteiger partial charge in [0.1, 0.15) is 0 Å². The van der Waals surface area contributed by atoms with E-state index in [9.17, 15) is 4.79 Å². The summed E-state index contributed by atoms with van der Waals surface area (Å²) in [5.74, 6) is -0.375. The highest BCUT2D eigenvalue weighted by atomic mass is 16.1. The second kappa shape index (κ2) is 12.6. The summed E-state index contributed by atoms with van der Waals surface area (Å²) in [6, 6.07) is 22.1. The Balaban J connectivity index is 0.000000220. The Morgan fingerprint density at radius 1 is 0.724 bits per heavy atom. The van der Waals surface area contributed by atoms with Crippen LogP contribution in [-0.2, 0) is 12.8 Å². The highest BCUT2D eigenvalue weighted by molar-refractivity contribution is 5.92. The molecule has 0 aliphatic heterocycles. The van der Waals surface area contributed by atoms with Gasteiger partial charge in [-0.3, -0.25) is 4.79 Å². The molecule has 0 saturated heterocycles. The van der Waals surface area contributed by atoms with Crippen molar-refractivity contribution in [2.24, 2.45) is 5.73 Å². The van der Waals surface area contributed by atoms with Crippen molar-refractivity contribution in [2.75, 3.05) is 0 Å². The molecule has 0 unspecified atom stereocenters. The van der Waals surface area contributed by atoms with Crippen LogP contribution in [0, 0.1) is 27.7 Å². The third kappa shape index (κ3) is 8.78. The fourth-order valence-electron chi connectivity index (χ4n) is 3.20. The van der Waals surface area contributed by atoms with Gasteiger partial charge in [-0.1, -0.05) is 79.6 Å². The number of carbonyl (C=O) groups is 1. The Morgan fingerprint density at radius 2 is 1.24 bits per heavy atom. The summed E-state index contributed by atoms with van der Waals surface area (Å²) >= 11 is 0. The van der Waals surface area contributed by atoms with Gasteiger partial charge in [-0.05, 0) is 74.9 Å². The van der Waals surface area contributed by atoms with E-state index in [0.717, 1.165) is 18.4 Å². The number of primary amides is 1. The van der Waals surface area contributed by atoms with Crippen LogP contribution >= 0.6 is 0 Å². The highest BCUT2D eigenvalue weighted by Crippen LogP contribution is 2.16. The summed E-state index contributed by atoms with van der Waals surface area (Å²) in [7, 11) is 0. The van der Waals surface area contributed by atoms with Gasteiger partial charge in [0.05, 0.1) is 0 Å². The molecule has 0 heterocycles. The Labute approximate surface area is 176 Å². The molecule has 3 aromatic rings. The second-order valence-electron chi connectivity index (χ2n) is 7.30. The Bertz CT molecular complexity index is 857. The summed E-state index contributed by atoms with van der Waals surface area (Å²) in [6.07, 6.45) is 2.29. The van der Waals surface area contributed by atoms with Gasteiger partial charge in [0.2, 0.25) is 5.91 Å². The molecular weight excluding hydrogens is 354 g/mol. The van der Waals surface area contributed by atoms with Gasteiger partial charge in [-0.15, -0.1) is 0 Å². The number of hydrogen-bond acceptors (Lipinski definition) is 1. The summed E-state index contributed by atoms with van der Waals surface area (Å²) in [4.78, 5) is 10.5. The predicted octanol–water partition coefficient (Wildman–Crippen LogP) is 6.52. The highest BCUT2D eigenvalue weighted by Gasteiger charge is 1.99. The molecule has 2 N–H and O–H groups in total. The molecule has 2 heteroatoms. The zero-order chi connectivity index (χ0) is 21.8. The van der Waals surface area contributed by atoms with Gasteiger partial charge in [-0.2, -0.15) is 0 Å². The molecule has 0 atom stereocenters.